The molecule has 0 saturated carbocycles. The van der Waals surface area contributed by atoms with Gasteiger partial charge in [0.05, 0.1) is 51.1 Å². The maximum Gasteiger partial charge on any atom is 0.414 e. The number of hydrogen-bond donors (Lipinski definition) is 2. The minimum absolute atomic E-state index is 0.0250. The van der Waals surface area contributed by atoms with E-state index >= 15 is 0 Å². The number of carbonyl (C=O) groups is 3. The third kappa shape index (κ3) is 4.97. The fourth-order valence-electron chi connectivity index (χ4n) is 7.78. The van der Waals surface area contributed by atoms with Crippen LogP contribution < -0.4 is 14.5 Å². The van der Waals surface area contributed by atoms with Crippen LogP contribution in [0.3, 0.4) is 0 Å². The van der Waals surface area contributed by atoms with Crippen molar-refractivity contribution in [1.29, 1.82) is 0 Å². The molecule has 5 atom stereocenters. The average molecular weight is 624 g/mol. The van der Waals surface area contributed by atoms with Gasteiger partial charge in [0, 0.05) is 29.3 Å². The lowest BCUT2D eigenvalue weighted by Gasteiger charge is -2.33. The summed E-state index contributed by atoms with van der Waals surface area (Å²) in [7, 11) is -1.39. The quantitative estimate of drug-likeness (QED) is 0.429. The SMILES string of the molecule is COc1ccc2c(c1)[C@@]1(O[C@H](CC(=O)N3CCC[C@H]3CO)[C@@H]([Si](C)(C)O)[C@@H]1C)C(=O)N2Cc1ccc(N2CCOC2=O)cc1. The van der Waals surface area contributed by atoms with Crippen LogP contribution in [-0.4, -0.2) is 86.6 Å². The van der Waals surface area contributed by atoms with Gasteiger partial charge in [-0.2, -0.15) is 0 Å². The molecular weight excluding hydrogens is 582 g/mol. The molecule has 3 fully saturated rings. The molecule has 2 aromatic carbocycles. The molecule has 0 unspecified atom stereocenters. The Balaban J connectivity index is 1.34. The Kier molecular flexibility index (Phi) is 7.97. The number of cyclic esters (lactones) is 1. The molecule has 0 bridgehead atoms. The predicted octanol–water partition coefficient (Wildman–Crippen LogP) is 3.37. The lowest BCUT2D eigenvalue weighted by Crippen LogP contribution is -2.46. The van der Waals surface area contributed by atoms with Gasteiger partial charge in [-0.3, -0.25) is 14.5 Å². The van der Waals surface area contributed by atoms with Crippen LogP contribution in [-0.2, 0) is 31.2 Å². The molecule has 4 aliphatic heterocycles. The smallest absolute Gasteiger partial charge is 0.414 e. The van der Waals surface area contributed by atoms with E-state index in [1.807, 2.05) is 62.5 Å². The number of hydrogen-bond acceptors (Lipinski definition) is 8. The van der Waals surface area contributed by atoms with Crippen LogP contribution in [0.2, 0.25) is 18.6 Å². The van der Waals surface area contributed by atoms with Gasteiger partial charge >= 0.3 is 6.09 Å². The van der Waals surface area contributed by atoms with Gasteiger partial charge in [0.15, 0.2) is 13.9 Å². The number of ether oxygens (including phenoxy) is 3. The molecule has 0 aromatic heterocycles. The summed E-state index contributed by atoms with van der Waals surface area (Å²) >= 11 is 0. The number of carbonyl (C=O) groups excluding carboxylic acids is 3. The van der Waals surface area contributed by atoms with Crippen LogP contribution in [0.1, 0.15) is 37.3 Å². The summed E-state index contributed by atoms with van der Waals surface area (Å²) in [6.07, 6.45) is 0.556. The van der Waals surface area contributed by atoms with Crippen LogP contribution >= 0.6 is 0 Å². The van der Waals surface area contributed by atoms with Crippen LogP contribution in [0.25, 0.3) is 0 Å². The zero-order valence-electron chi connectivity index (χ0n) is 25.7. The van der Waals surface area contributed by atoms with Crippen molar-refractivity contribution < 1.29 is 38.5 Å². The van der Waals surface area contributed by atoms with Gasteiger partial charge in [0.1, 0.15) is 12.4 Å². The summed E-state index contributed by atoms with van der Waals surface area (Å²) in [5.74, 6) is -0.219. The molecule has 12 heteroatoms. The Morgan fingerprint density at radius 2 is 1.89 bits per heavy atom. The van der Waals surface area contributed by atoms with E-state index in [1.165, 1.54) is 0 Å². The van der Waals surface area contributed by atoms with Crippen molar-refractivity contribution in [1.82, 2.24) is 4.90 Å². The van der Waals surface area contributed by atoms with Crippen molar-refractivity contribution in [2.45, 2.75) is 69.1 Å². The van der Waals surface area contributed by atoms with Crippen molar-refractivity contribution in [2.24, 2.45) is 5.92 Å². The average Bonchev–Trinajstić information content (AvgIpc) is 3.76. The highest BCUT2D eigenvalue weighted by molar-refractivity contribution is 6.71. The highest BCUT2D eigenvalue weighted by atomic mass is 28.4. The molecule has 2 N–H and O–H groups in total. The number of aliphatic hydroxyl groups excluding tert-OH is 1. The van der Waals surface area contributed by atoms with E-state index in [0.29, 0.717) is 36.7 Å². The second-order valence-corrected chi connectivity index (χ2v) is 16.8. The van der Waals surface area contributed by atoms with E-state index in [9.17, 15) is 24.3 Å². The summed E-state index contributed by atoms with van der Waals surface area (Å²) in [4.78, 5) is 56.8. The van der Waals surface area contributed by atoms with Gasteiger partial charge in [-0.15, -0.1) is 0 Å². The lowest BCUT2D eigenvalue weighted by molar-refractivity contribution is -0.150. The van der Waals surface area contributed by atoms with Gasteiger partial charge in [-0.25, -0.2) is 4.79 Å². The first-order valence-electron chi connectivity index (χ1n) is 15.3. The Morgan fingerprint density at radius 1 is 1.14 bits per heavy atom. The fourth-order valence-corrected chi connectivity index (χ4v) is 10.3. The number of nitrogens with zero attached hydrogens (tertiary/aromatic N) is 3. The van der Waals surface area contributed by atoms with Gasteiger partial charge in [-0.1, -0.05) is 19.1 Å². The number of amides is 3. The minimum Gasteiger partial charge on any atom is -0.497 e. The standard InChI is InChI=1S/C32H41N3O8Si/c1-20-29(44(3,4)40)27(17-28(37)33-13-5-6-23(33)19-36)43-32(20)25-16-24(41-2)11-12-26(25)35(30(32)38)18-21-7-9-22(10-8-21)34-14-15-42-31(34)39/h7-12,16,20,23,27,29,36,40H,5-6,13-15,17-19H2,1-4H3/t20-,23-,27+,29-,32+/m0/s1. The maximum atomic E-state index is 14.7. The summed E-state index contributed by atoms with van der Waals surface area (Å²) < 4.78 is 17.4. The van der Waals surface area contributed by atoms with Crippen LogP contribution in [0.4, 0.5) is 16.2 Å². The van der Waals surface area contributed by atoms with Crippen molar-refractivity contribution in [3.63, 3.8) is 0 Å². The summed E-state index contributed by atoms with van der Waals surface area (Å²) in [6.45, 7) is 7.21. The Labute approximate surface area is 258 Å². The summed E-state index contributed by atoms with van der Waals surface area (Å²) in [6, 6.07) is 12.8. The number of fused-ring (bicyclic) bond motifs is 2. The summed E-state index contributed by atoms with van der Waals surface area (Å²) in [5, 5.41) is 9.82. The molecule has 2 aromatic rings. The Morgan fingerprint density at radius 3 is 2.52 bits per heavy atom. The van der Waals surface area contributed by atoms with Crippen molar-refractivity contribution >= 4 is 37.6 Å². The third-order valence-electron chi connectivity index (χ3n) is 9.82. The molecule has 4 aliphatic rings. The highest BCUT2D eigenvalue weighted by Crippen LogP contribution is 2.60. The number of aliphatic hydroxyl groups is 1. The third-order valence-corrected chi connectivity index (χ3v) is 12.3. The van der Waals surface area contributed by atoms with E-state index in [2.05, 4.69) is 0 Å². The first-order valence-corrected chi connectivity index (χ1v) is 18.4. The predicted molar refractivity (Wildman–Crippen MR) is 165 cm³/mol. The first-order chi connectivity index (χ1) is 21.0. The molecule has 3 saturated heterocycles. The van der Waals surface area contributed by atoms with Crippen molar-refractivity contribution in [2.75, 3.05) is 43.2 Å². The fraction of sp³-hybridized carbons (Fsp3) is 0.531. The van der Waals surface area contributed by atoms with E-state index in [0.717, 1.165) is 24.1 Å². The first kappa shape index (κ1) is 30.6. The molecule has 4 heterocycles. The zero-order chi connectivity index (χ0) is 31.4. The Bertz CT molecular complexity index is 1450. The van der Waals surface area contributed by atoms with Gasteiger partial charge in [0.2, 0.25) is 5.91 Å². The number of likely N-dealkylation sites (tertiary alicyclic amines) is 1. The topological polar surface area (TPSA) is 129 Å². The molecule has 3 amide bonds. The monoisotopic (exact) mass is 623 g/mol. The lowest BCUT2D eigenvalue weighted by atomic mass is 9.82. The molecule has 236 valence electrons. The van der Waals surface area contributed by atoms with Crippen LogP contribution in [0, 0.1) is 5.92 Å². The molecular formula is C32H41N3O8Si. The zero-order valence-corrected chi connectivity index (χ0v) is 26.7. The second kappa shape index (κ2) is 11.5. The number of anilines is 2. The summed E-state index contributed by atoms with van der Waals surface area (Å²) in [5.41, 5.74) is 1.14. The molecule has 0 radical (unpaired) electrons. The van der Waals surface area contributed by atoms with Crippen molar-refractivity contribution in [3.05, 3.63) is 53.6 Å². The van der Waals surface area contributed by atoms with E-state index < -0.39 is 31.5 Å². The highest BCUT2D eigenvalue weighted by Gasteiger charge is 2.66. The normalized spacial score (nSPS) is 28.3. The number of rotatable bonds is 8. The molecule has 11 nitrogen and oxygen atoms in total. The van der Waals surface area contributed by atoms with Crippen LogP contribution in [0.15, 0.2) is 42.5 Å². The van der Waals surface area contributed by atoms with Gasteiger partial charge in [0.25, 0.3) is 5.91 Å². The van der Waals surface area contributed by atoms with E-state index in [1.54, 1.807) is 21.8 Å². The second-order valence-electron chi connectivity index (χ2n) is 12.8. The van der Waals surface area contributed by atoms with Crippen LogP contribution in [0.5, 0.6) is 5.75 Å². The Hall–Kier alpha value is -3.45. The maximum absolute atomic E-state index is 14.7. The number of methoxy groups -OCH3 is 1. The molecule has 0 aliphatic carbocycles. The minimum atomic E-state index is -2.96. The molecule has 6 rings (SSSR count). The van der Waals surface area contributed by atoms with Gasteiger partial charge < -0.3 is 33.9 Å². The van der Waals surface area contributed by atoms with Crippen molar-refractivity contribution in [3.8, 4) is 5.75 Å². The van der Waals surface area contributed by atoms with E-state index in [-0.39, 0.29) is 43.5 Å². The van der Waals surface area contributed by atoms with Gasteiger partial charge in [-0.05, 0) is 61.8 Å². The molecule has 1 spiro atoms. The number of benzene rings is 2. The molecule has 44 heavy (non-hydrogen) atoms. The van der Waals surface area contributed by atoms with E-state index in [4.69, 9.17) is 14.2 Å². The largest absolute Gasteiger partial charge is 0.497 e.